The van der Waals surface area contributed by atoms with Gasteiger partial charge in [0.1, 0.15) is 11.5 Å². The van der Waals surface area contributed by atoms with Crippen LogP contribution < -0.4 is 5.32 Å². The molecule has 0 fully saturated rings. The molecule has 7 nitrogen and oxygen atoms in total. The second-order valence-corrected chi connectivity index (χ2v) is 6.11. The van der Waals surface area contributed by atoms with E-state index in [2.05, 4.69) is 20.3 Å². The minimum absolute atomic E-state index is 0.0226. The summed E-state index contributed by atoms with van der Waals surface area (Å²) >= 11 is 0. The van der Waals surface area contributed by atoms with Gasteiger partial charge in [-0.05, 0) is 42.7 Å². The summed E-state index contributed by atoms with van der Waals surface area (Å²) in [6.45, 7) is 0.0226. The molecule has 2 heterocycles. The number of nitrogens with one attached hydrogen (secondary N) is 1. The summed E-state index contributed by atoms with van der Waals surface area (Å²) < 4.78 is 23.7. The molecule has 1 N–H and O–H groups in total. The number of allylic oxidation sites excluding steroid dienone is 4. The number of benzene rings is 1. The summed E-state index contributed by atoms with van der Waals surface area (Å²) in [7, 11) is 1.26. The first-order valence-corrected chi connectivity index (χ1v) is 8.43. The number of hydrogen-bond acceptors (Lipinski definition) is 5. The van der Waals surface area contributed by atoms with E-state index in [4.69, 9.17) is 4.74 Å². The fourth-order valence-corrected chi connectivity index (χ4v) is 3.10. The van der Waals surface area contributed by atoms with Gasteiger partial charge >= 0.3 is 6.09 Å². The van der Waals surface area contributed by atoms with Crippen LogP contribution in [-0.4, -0.2) is 28.2 Å². The summed E-state index contributed by atoms with van der Waals surface area (Å²) in [5, 5.41) is 11.4. The normalized spacial score (nSPS) is 15.3. The summed E-state index contributed by atoms with van der Waals surface area (Å²) in [5.41, 5.74) is 4.88. The maximum absolute atomic E-state index is 14.0. The van der Waals surface area contributed by atoms with Crippen LogP contribution >= 0.6 is 0 Å². The van der Waals surface area contributed by atoms with Crippen molar-refractivity contribution in [2.45, 2.75) is 19.4 Å². The standard InChI is InChI=1S/C19H17FN4O3/c1-26-19(25)21-9-14-8-12(2-4-16(14)20)17-10-22-24(23-17)18-5-3-13-11-27-7-6-15(13)18/h2,4,6-8,10-11H,3,5,9H2,1H3,(H,21,25). The van der Waals surface area contributed by atoms with Gasteiger partial charge in [0.25, 0.3) is 0 Å². The molecule has 8 heteroatoms. The molecule has 1 amide bonds. The highest BCUT2D eigenvalue weighted by molar-refractivity contribution is 5.68. The summed E-state index contributed by atoms with van der Waals surface area (Å²) in [4.78, 5) is 12.8. The summed E-state index contributed by atoms with van der Waals surface area (Å²) in [6, 6.07) is 4.63. The maximum Gasteiger partial charge on any atom is 0.407 e. The molecule has 27 heavy (non-hydrogen) atoms. The highest BCUT2D eigenvalue weighted by atomic mass is 19.1. The van der Waals surface area contributed by atoms with Gasteiger partial charge in [-0.1, -0.05) is 0 Å². The monoisotopic (exact) mass is 368 g/mol. The third-order valence-electron chi connectivity index (χ3n) is 4.49. The number of methoxy groups -OCH3 is 1. The number of carbonyl (C=O) groups is 1. The zero-order chi connectivity index (χ0) is 18.8. The van der Waals surface area contributed by atoms with Crippen LogP contribution in [0.5, 0.6) is 0 Å². The van der Waals surface area contributed by atoms with E-state index in [1.165, 1.54) is 13.2 Å². The Morgan fingerprint density at radius 1 is 1.41 bits per heavy atom. The van der Waals surface area contributed by atoms with Gasteiger partial charge in [0.2, 0.25) is 0 Å². The van der Waals surface area contributed by atoms with Crippen molar-refractivity contribution in [2.24, 2.45) is 0 Å². The lowest BCUT2D eigenvalue weighted by Gasteiger charge is -2.07. The number of carbonyl (C=O) groups excluding carboxylic acids is 1. The van der Waals surface area contributed by atoms with Crippen molar-refractivity contribution in [1.29, 1.82) is 0 Å². The Morgan fingerprint density at radius 2 is 2.30 bits per heavy atom. The number of rotatable bonds is 4. The van der Waals surface area contributed by atoms with E-state index < -0.39 is 11.9 Å². The second-order valence-electron chi connectivity index (χ2n) is 6.11. The van der Waals surface area contributed by atoms with Gasteiger partial charge in [0.15, 0.2) is 0 Å². The van der Waals surface area contributed by atoms with Crippen LogP contribution in [0, 0.1) is 5.82 Å². The minimum Gasteiger partial charge on any atom is -0.472 e. The number of fused-ring (bicyclic) bond motifs is 1. The predicted octanol–water partition coefficient (Wildman–Crippen LogP) is 3.37. The Hall–Kier alpha value is -3.42. The summed E-state index contributed by atoms with van der Waals surface area (Å²) in [5.74, 6) is -0.412. The van der Waals surface area contributed by atoms with Crippen LogP contribution in [0.2, 0.25) is 0 Å². The average Bonchev–Trinajstić information content (AvgIpc) is 3.34. The van der Waals surface area contributed by atoms with Gasteiger partial charge in [-0.25, -0.2) is 9.18 Å². The van der Waals surface area contributed by atoms with Crippen LogP contribution in [0.15, 0.2) is 54.1 Å². The number of amides is 1. The van der Waals surface area contributed by atoms with Crippen molar-refractivity contribution in [3.63, 3.8) is 0 Å². The van der Waals surface area contributed by atoms with E-state index in [1.807, 2.05) is 6.08 Å². The number of alkyl carbamates (subject to hydrolysis) is 1. The number of nitrogens with zero attached hydrogens (tertiary/aromatic N) is 3. The highest BCUT2D eigenvalue weighted by Gasteiger charge is 2.23. The fourth-order valence-electron chi connectivity index (χ4n) is 3.10. The molecule has 0 spiro atoms. The largest absolute Gasteiger partial charge is 0.472 e. The Labute approximate surface area is 154 Å². The Balaban J connectivity index is 1.60. The molecule has 138 valence electrons. The van der Waals surface area contributed by atoms with Crippen LogP contribution in [0.25, 0.3) is 17.0 Å². The molecule has 0 bridgehead atoms. The number of halogens is 1. The number of ether oxygens (including phenoxy) is 2. The van der Waals surface area contributed by atoms with Gasteiger partial charge in [0, 0.05) is 23.2 Å². The predicted molar refractivity (Wildman–Crippen MR) is 95.4 cm³/mol. The van der Waals surface area contributed by atoms with Crippen LogP contribution in [0.1, 0.15) is 18.4 Å². The lowest BCUT2D eigenvalue weighted by molar-refractivity contribution is 0.170. The molecule has 0 saturated heterocycles. The van der Waals surface area contributed by atoms with E-state index in [1.54, 1.807) is 35.7 Å². The van der Waals surface area contributed by atoms with E-state index in [0.29, 0.717) is 16.8 Å². The van der Waals surface area contributed by atoms with Crippen LogP contribution in [0.3, 0.4) is 0 Å². The first kappa shape index (κ1) is 17.0. The smallest absolute Gasteiger partial charge is 0.407 e. The first-order chi connectivity index (χ1) is 13.2. The highest BCUT2D eigenvalue weighted by Crippen LogP contribution is 2.36. The second kappa shape index (κ2) is 7.06. The zero-order valence-corrected chi connectivity index (χ0v) is 14.6. The molecule has 0 atom stereocenters. The van der Waals surface area contributed by atoms with E-state index >= 15 is 0 Å². The Kier molecular flexibility index (Phi) is 4.45. The van der Waals surface area contributed by atoms with Gasteiger partial charge in [-0.15, -0.1) is 5.10 Å². The Morgan fingerprint density at radius 3 is 3.15 bits per heavy atom. The topological polar surface area (TPSA) is 78.3 Å². The van der Waals surface area contributed by atoms with E-state index in [9.17, 15) is 9.18 Å². The lowest BCUT2D eigenvalue weighted by atomic mass is 10.1. The molecule has 2 aliphatic rings. The van der Waals surface area contributed by atoms with E-state index in [-0.39, 0.29) is 6.54 Å². The maximum atomic E-state index is 14.0. The molecule has 1 aliphatic heterocycles. The third-order valence-corrected chi connectivity index (χ3v) is 4.49. The zero-order valence-electron chi connectivity index (χ0n) is 14.6. The molecule has 0 unspecified atom stereocenters. The number of hydrogen-bond donors (Lipinski definition) is 1. The molecular formula is C19H17FN4O3. The van der Waals surface area contributed by atoms with Crippen molar-refractivity contribution in [3.8, 4) is 11.3 Å². The van der Waals surface area contributed by atoms with Gasteiger partial charge in [0.05, 0.1) is 31.5 Å². The van der Waals surface area contributed by atoms with Gasteiger partial charge in [-0.2, -0.15) is 9.90 Å². The quantitative estimate of drug-likeness (QED) is 0.895. The van der Waals surface area contributed by atoms with Crippen LogP contribution in [0.4, 0.5) is 9.18 Å². The van der Waals surface area contributed by atoms with Crippen molar-refractivity contribution in [1.82, 2.24) is 20.3 Å². The number of aromatic nitrogens is 3. The molecule has 0 radical (unpaired) electrons. The third kappa shape index (κ3) is 3.33. The molecule has 0 saturated carbocycles. The van der Waals surface area contributed by atoms with Crippen LogP contribution in [-0.2, 0) is 16.0 Å². The first-order valence-electron chi connectivity index (χ1n) is 8.43. The van der Waals surface area contributed by atoms with E-state index in [0.717, 1.165) is 29.7 Å². The molecule has 1 aliphatic carbocycles. The van der Waals surface area contributed by atoms with Gasteiger partial charge in [-0.3, -0.25) is 0 Å². The minimum atomic E-state index is -0.617. The average molecular weight is 368 g/mol. The Bertz CT molecular complexity index is 991. The van der Waals surface area contributed by atoms with Crippen molar-refractivity contribution >= 4 is 11.8 Å². The fraction of sp³-hybridized carbons (Fsp3) is 0.211. The lowest BCUT2D eigenvalue weighted by Crippen LogP contribution is -2.22. The van der Waals surface area contributed by atoms with Crippen molar-refractivity contribution < 1.29 is 18.7 Å². The van der Waals surface area contributed by atoms with Crippen molar-refractivity contribution in [2.75, 3.05) is 7.11 Å². The molecule has 1 aromatic carbocycles. The van der Waals surface area contributed by atoms with Crippen molar-refractivity contribution in [3.05, 3.63) is 65.5 Å². The molecule has 4 rings (SSSR count). The summed E-state index contributed by atoms with van der Waals surface area (Å²) in [6.07, 6.45) is 8.02. The molecule has 2 aromatic rings. The molecular weight excluding hydrogens is 351 g/mol. The van der Waals surface area contributed by atoms with Gasteiger partial charge < -0.3 is 14.8 Å². The SMILES string of the molecule is COC(=O)NCc1cc(-c2cnn(C3=C4C=COC=C4CC3)n2)ccc1F. The molecule has 1 aromatic heterocycles.